The quantitative estimate of drug-likeness (QED) is 0.180. The second-order valence-electron chi connectivity index (χ2n) is 10.6. The number of rotatable bonds is 9. The number of benzene rings is 3. The van der Waals surface area contributed by atoms with Crippen molar-refractivity contribution < 1.29 is 38.7 Å². The molecule has 0 amide bonds. The zero-order chi connectivity index (χ0) is 31.9. The second kappa shape index (κ2) is 11.6. The number of nitrogen functional groups attached to an aromatic ring is 1. The summed E-state index contributed by atoms with van der Waals surface area (Å²) in [7, 11) is 4.58. The third-order valence-electron chi connectivity index (χ3n) is 8.40. The van der Waals surface area contributed by atoms with E-state index in [1.807, 2.05) is 0 Å². The van der Waals surface area contributed by atoms with Crippen LogP contribution in [0.25, 0.3) is 11.2 Å². The van der Waals surface area contributed by atoms with Gasteiger partial charge in [-0.05, 0) is 53.1 Å². The normalized spacial score (nSPS) is 22.3. The number of ether oxygens (including phenoxy) is 4. The monoisotopic (exact) mass is 617 g/mol. The number of hydrogen-bond acceptors (Lipinski definition) is 11. The van der Waals surface area contributed by atoms with Crippen LogP contribution in [0.5, 0.6) is 17.2 Å². The van der Waals surface area contributed by atoms with Crippen LogP contribution in [0.3, 0.4) is 0 Å². The van der Waals surface area contributed by atoms with Gasteiger partial charge in [-0.3, -0.25) is 4.57 Å². The van der Waals surface area contributed by atoms with Crippen LogP contribution in [0, 0.1) is 0 Å². The highest BCUT2D eigenvalue weighted by molar-refractivity contribution is 5.81. The lowest BCUT2D eigenvalue weighted by molar-refractivity contribution is -0.202. The zero-order valence-electron chi connectivity index (χ0n) is 24.6. The Morgan fingerprint density at radius 2 is 1.31 bits per heavy atom. The molecule has 5 N–H and O–H groups in total. The number of aliphatic hydroxyl groups is 3. The van der Waals surface area contributed by atoms with Crippen molar-refractivity contribution in [1.29, 1.82) is 0 Å². The predicted octanol–water partition coefficient (Wildman–Crippen LogP) is 2.75. The number of methoxy groups -OCH3 is 3. The predicted molar refractivity (Wildman–Crippen MR) is 161 cm³/mol. The van der Waals surface area contributed by atoms with Crippen LogP contribution in [0.2, 0.25) is 0 Å². The molecule has 1 fully saturated rings. The number of aliphatic hydroxyl groups excluding tert-OH is 2. The highest BCUT2D eigenvalue weighted by atomic mass is 19.2. The van der Waals surface area contributed by atoms with E-state index in [-0.39, 0.29) is 17.0 Å². The first-order chi connectivity index (χ1) is 21.7. The number of alkyl halides is 1. The lowest BCUT2D eigenvalue weighted by atomic mass is 9.63. The fraction of sp³-hybridized carbons (Fsp3) is 0.281. The van der Waals surface area contributed by atoms with Crippen LogP contribution in [0.1, 0.15) is 22.9 Å². The summed E-state index contributed by atoms with van der Waals surface area (Å²) in [6.45, 7) is 0. The number of nitrogens with zero attached hydrogens (tertiary/aromatic N) is 4. The van der Waals surface area contributed by atoms with Crippen molar-refractivity contribution in [1.82, 2.24) is 19.5 Å². The minimum atomic E-state index is -3.45. The molecule has 6 rings (SSSR count). The number of aromatic nitrogens is 4. The van der Waals surface area contributed by atoms with Gasteiger partial charge < -0.3 is 40.0 Å². The fourth-order valence-corrected chi connectivity index (χ4v) is 6.06. The van der Waals surface area contributed by atoms with E-state index in [9.17, 15) is 15.3 Å². The summed E-state index contributed by atoms with van der Waals surface area (Å²) in [5.74, 6) is -1.73. The summed E-state index contributed by atoms with van der Waals surface area (Å²) in [6.07, 6.45) is -5.12. The first-order valence-electron chi connectivity index (χ1n) is 14.0. The minimum Gasteiger partial charge on any atom is -0.497 e. The Labute approximate surface area is 257 Å². The molecular weight excluding hydrogens is 585 g/mol. The molecule has 234 valence electrons. The number of anilines is 1. The van der Waals surface area contributed by atoms with Crippen LogP contribution in [0.15, 0.2) is 85.5 Å². The summed E-state index contributed by atoms with van der Waals surface area (Å²) in [5.41, 5.74) is 6.21. The van der Waals surface area contributed by atoms with Gasteiger partial charge in [0.1, 0.15) is 41.3 Å². The molecule has 1 aliphatic heterocycles. The molecule has 5 aromatic rings. The van der Waals surface area contributed by atoms with Crippen molar-refractivity contribution in [2.45, 2.75) is 35.8 Å². The summed E-state index contributed by atoms with van der Waals surface area (Å²) in [5, 5.41) is 35.0. The summed E-state index contributed by atoms with van der Waals surface area (Å²) in [6, 6.07) is 20.7. The molecule has 0 saturated carbocycles. The molecule has 0 bridgehead atoms. The standard InChI is InChI=1S/C32H32FN5O7/c1-42-21-10-4-18(5-11-21)31(19-6-12-22(43-2)13-7-19,20-8-14-23(44-3)15-9-20)25(39)27-32(33,41)26(40)30(45-27)38-17-37-24-28(34)35-16-36-29(24)38/h4-17,25-27,30,39-41H,1-3H3,(H2,34,35,36)/t25?,26-,27+,30?,32+/m0/s1. The van der Waals surface area contributed by atoms with Gasteiger partial charge >= 0.3 is 0 Å². The highest BCUT2D eigenvalue weighted by Crippen LogP contribution is 2.50. The van der Waals surface area contributed by atoms with Crippen molar-refractivity contribution >= 4 is 17.0 Å². The summed E-state index contributed by atoms with van der Waals surface area (Å²) in [4.78, 5) is 12.2. The molecule has 2 unspecified atom stereocenters. The first kappa shape index (κ1) is 30.2. The number of halogens is 1. The summed E-state index contributed by atoms with van der Waals surface area (Å²) < 4.78 is 40.0. The van der Waals surface area contributed by atoms with Crippen molar-refractivity contribution in [3.63, 3.8) is 0 Å². The maximum atomic E-state index is 16.5. The Balaban J connectivity index is 1.56. The molecule has 13 heteroatoms. The molecule has 0 spiro atoms. The molecule has 3 aromatic carbocycles. The van der Waals surface area contributed by atoms with Gasteiger partial charge in [-0.1, -0.05) is 36.4 Å². The van der Waals surface area contributed by atoms with E-state index in [0.717, 1.165) is 0 Å². The lowest BCUT2D eigenvalue weighted by Gasteiger charge is -2.43. The molecule has 1 saturated heterocycles. The van der Waals surface area contributed by atoms with E-state index in [1.54, 1.807) is 72.8 Å². The van der Waals surface area contributed by atoms with Crippen LogP contribution >= 0.6 is 0 Å². The Hall–Kier alpha value is -4.82. The van der Waals surface area contributed by atoms with Crippen molar-refractivity contribution in [2.75, 3.05) is 27.1 Å². The maximum Gasteiger partial charge on any atom is 0.266 e. The average molecular weight is 618 g/mol. The molecule has 3 heterocycles. The largest absolute Gasteiger partial charge is 0.497 e. The first-order valence-corrected chi connectivity index (χ1v) is 14.0. The van der Waals surface area contributed by atoms with E-state index in [0.29, 0.717) is 33.9 Å². The second-order valence-corrected chi connectivity index (χ2v) is 10.6. The molecule has 12 nitrogen and oxygen atoms in total. The third-order valence-corrected chi connectivity index (χ3v) is 8.40. The van der Waals surface area contributed by atoms with Gasteiger partial charge in [0.05, 0.1) is 33.1 Å². The molecule has 0 radical (unpaired) electrons. The van der Waals surface area contributed by atoms with Gasteiger partial charge in [0.15, 0.2) is 23.8 Å². The number of hydrogen-bond donors (Lipinski definition) is 4. The fourth-order valence-electron chi connectivity index (χ4n) is 6.06. The average Bonchev–Trinajstić information content (AvgIpc) is 3.60. The Kier molecular flexibility index (Phi) is 7.79. The SMILES string of the molecule is COc1ccc(C(c2ccc(OC)cc2)(c2ccc(OC)cc2)C(O)[C@H]2OC(n3cnc4c(N)ncnc43)[C@H](O)[C@]2(O)F)cc1. The van der Waals surface area contributed by atoms with Crippen molar-refractivity contribution in [3.8, 4) is 17.2 Å². The molecular formula is C32H32FN5O7. The van der Waals surface area contributed by atoms with Crippen LogP contribution in [0.4, 0.5) is 10.2 Å². The van der Waals surface area contributed by atoms with Crippen LogP contribution in [-0.4, -0.2) is 80.3 Å². The van der Waals surface area contributed by atoms with E-state index in [4.69, 9.17) is 24.7 Å². The van der Waals surface area contributed by atoms with Gasteiger partial charge in [-0.25, -0.2) is 19.3 Å². The Morgan fingerprint density at radius 1 is 0.844 bits per heavy atom. The Morgan fingerprint density at radius 3 is 1.76 bits per heavy atom. The zero-order valence-corrected chi connectivity index (χ0v) is 24.6. The summed E-state index contributed by atoms with van der Waals surface area (Å²) >= 11 is 0. The van der Waals surface area contributed by atoms with Gasteiger partial charge in [0, 0.05) is 0 Å². The lowest BCUT2D eigenvalue weighted by Crippen LogP contribution is -2.56. The van der Waals surface area contributed by atoms with Gasteiger partial charge in [0.25, 0.3) is 5.85 Å². The third kappa shape index (κ3) is 4.80. The topological polar surface area (TPSA) is 167 Å². The molecule has 1 aliphatic rings. The smallest absolute Gasteiger partial charge is 0.266 e. The molecule has 0 aliphatic carbocycles. The maximum absolute atomic E-state index is 16.5. The highest BCUT2D eigenvalue weighted by Gasteiger charge is 2.64. The van der Waals surface area contributed by atoms with E-state index < -0.39 is 35.8 Å². The van der Waals surface area contributed by atoms with E-state index in [1.165, 1.54) is 38.6 Å². The number of imidazole rings is 1. The van der Waals surface area contributed by atoms with Crippen molar-refractivity contribution in [3.05, 3.63) is 102 Å². The molecule has 5 atom stereocenters. The van der Waals surface area contributed by atoms with Gasteiger partial charge in [-0.15, -0.1) is 0 Å². The molecule has 2 aromatic heterocycles. The Bertz CT molecular complexity index is 1670. The number of nitrogens with two attached hydrogens (primary N) is 1. The van der Waals surface area contributed by atoms with Crippen LogP contribution in [-0.2, 0) is 10.2 Å². The van der Waals surface area contributed by atoms with E-state index >= 15 is 4.39 Å². The number of fused-ring (bicyclic) bond motifs is 1. The van der Waals surface area contributed by atoms with Crippen LogP contribution < -0.4 is 19.9 Å². The van der Waals surface area contributed by atoms with Gasteiger partial charge in [-0.2, -0.15) is 0 Å². The van der Waals surface area contributed by atoms with E-state index in [2.05, 4.69) is 15.0 Å². The molecule has 45 heavy (non-hydrogen) atoms. The van der Waals surface area contributed by atoms with Gasteiger partial charge in [0.2, 0.25) is 0 Å². The van der Waals surface area contributed by atoms with Crippen molar-refractivity contribution in [2.24, 2.45) is 0 Å². The minimum absolute atomic E-state index is 0.0656.